The Kier molecular flexibility index (Phi) is 3.09. The zero-order valence-corrected chi connectivity index (χ0v) is 9.82. The molecule has 2 heterocycles. The monoisotopic (exact) mass is 235 g/mol. The molecule has 0 aromatic carbocycles. The summed E-state index contributed by atoms with van der Waals surface area (Å²) in [6.07, 6.45) is 1.95. The highest BCUT2D eigenvalue weighted by atomic mass is 32.2. The molecule has 82 valence electrons. The Morgan fingerprint density at radius 1 is 1.29 bits per heavy atom. The van der Waals surface area contributed by atoms with E-state index in [-0.39, 0.29) is 12.0 Å². The van der Waals surface area contributed by atoms with Crippen LogP contribution < -0.4 is 5.73 Å². The van der Waals surface area contributed by atoms with Crippen LogP contribution in [0.5, 0.6) is 0 Å². The van der Waals surface area contributed by atoms with E-state index in [0.717, 1.165) is 12.2 Å². The molecule has 0 radical (unpaired) electrons. The molecule has 2 aliphatic rings. The van der Waals surface area contributed by atoms with E-state index in [1.54, 1.807) is 0 Å². The van der Waals surface area contributed by atoms with Gasteiger partial charge in [-0.2, -0.15) is 11.8 Å². The van der Waals surface area contributed by atoms with E-state index < -0.39 is 9.84 Å². The highest BCUT2D eigenvalue weighted by molar-refractivity contribution is 7.99. The second-order valence-electron chi connectivity index (χ2n) is 4.36. The van der Waals surface area contributed by atoms with Crippen LogP contribution >= 0.6 is 11.8 Å². The Balaban J connectivity index is 1.95. The van der Waals surface area contributed by atoms with Crippen molar-refractivity contribution < 1.29 is 8.42 Å². The van der Waals surface area contributed by atoms with Gasteiger partial charge in [0, 0.05) is 6.04 Å². The fourth-order valence-corrected chi connectivity index (χ4v) is 5.57. The van der Waals surface area contributed by atoms with Crippen molar-refractivity contribution in [2.75, 3.05) is 23.0 Å². The van der Waals surface area contributed by atoms with Gasteiger partial charge in [0.25, 0.3) is 0 Å². The van der Waals surface area contributed by atoms with Gasteiger partial charge in [-0.15, -0.1) is 0 Å². The van der Waals surface area contributed by atoms with Gasteiger partial charge in [0.2, 0.25) is 0 Å². The predicted octanol–water partition coefficient (Wildman–Crippen LogP) is 0.501. The van der Waals surface area contributed by atoms with Gasteiger partial charge in [-0.05, 0) is 36.2 Å². The third-order valence-electron chi connectivity index (χ3n) is 3.32. The molecular formula is C9H17NO2S2. The minimum Gasteiger partial charge on any atom is -0.327 e. The molecule has 0 aromatic rings. The van der Waals surface area contributed by atoms with Crippen LogP contribution in [0.1, 0.15) is 12.8 Å². The molecule has 0 amide bonds. The minimum absolute atomic E-state index is 0.113. The Hall–Kier alpha value is 0.260. The van der Waals surface area contributed by atoms with Crippen LogP contribution in [0.3, 0.4) is 0 Å². The largest absolute Gasteiger partial charge is 0.327 e. The SMILES string of the molecule is NC(C1CCSC1)C1CCS(=O)(=O)C1. The van der Waals surface area contributed by atoms with Crippen molar-refractivity contribution in [1.82, 2.24) is 0 Å². The number of sulfone groups is 1. The average molecular weight is 235 g/mol. The molecule has 0 aromatic heterocycles. The van der Waals surface area contributed by atoms with Crippen LogP contribution in [0.25, 0.3) is 0 Å². The van der Waals surface area contributed by atoms with Crippen molar-refractivity contribution >= 4 is 21.6 Å². The summed E-state index contributed by atoms with van der Waals surface area (Å²) in [6, 6.07) is 0.113. The molecule has 0 aliphatic carbocycles. The predicted molar refractivity (Wildman–Crippen MR) is 60.2 cm³/mol. The van der Waals surface area contributed by atoms with Crippen LogP contribution in [0.2, 0.25) is 0 Å². The molecular weight excluding hydrogens is 218 g/mol. The number of nitrogens with two attached hydrogens (primary N) is 1. The maximum absolute atomic E-state index is 11.3. The summed E-state index contributed by atoms with van der Waals surface area (Å²) >= 11 is 1.94. The van der Waals surface area contributed by atoms with Crippen molar-refractivity contribution in [3.63, 3.8) is 0 Å². The van der Waals surface area contributed by atoms with Crippen LogP contribution in [0, 0.1) is 11.8 Å². The van der Waals surface area contributed by atoms with Crippen molar-refractivity contribution in [2.45, 2.75) is 18.9 Å². The smallest absolute Gasteiger partial charge is 0.150 e. The topological polar surface area (TPSA) is 60.2 Å². The lowest BCUT2D eigenvalue weighted by atomic mass is 9.88. The average Bonchev–Trinajstić information content (AvgIpc) is 2.72. The lowest BCUT2D eigenvalue weighted by Crippen LogP contribution is -2.38. The second-order valence-corrected chi connectivity index (χ2v) is 7.74. The molecule has 14 heavy (non-hydrogen) atoms. The molecule has 0 bridgehead atoms. The highest BCUT2D eigenvalue weighted by Gasteiger charge is 2.36. The van der Waals surface area contributed by atoms with E-state index in [1.807, 2.05) is 11.8 Å². The number of thioether (sulfide) groups is 1. The Bertz CT molecular complexity index is 296. The normalized spacial score (nSPS) is 38.6. The Morgan fingerprint density at radius 2 is 2.07 bits per heavy atom. The van der Waals surface area contributed by atoms with Crippen molar-refractivity contribution in [3.8, 4) is 0 Å². The van der Waals surface area contributed by atoms with E-state index in [4.69, 9.17) is 5.73 Å². The summed E-state index contributed by atoms with van der Waals surface area (Å²) in [5.74, 6) is 3.78. The van der Waals surface area contributed by atoms with Crippen molar-refractivity contribution in [1.29, 1.82) is 0 Å². The fraction of sp³-hybridized carbons (Fsp3) is 1.00. The first-order valence-corrected chi connectivity index (χ1v) is 8.10. The lowest BCUT2D eigenvalue weighted by molar-refractivity contribution is 0.355. The first kappa shape index (κ1) is 10.8. The maximum Gasteiger partial charge on any atom is 0.150 e. The van der Waals surface area contributed by atoms with Gasteiger partial charge in [0.1, 0.15) is 0 Å². The molecule has 2 fully saturated rings. The molecule has 2 rings (SSSR count). The summed E-state index contributed by atoms with van der Waals surface area (Å²) < 4.78 is 22.6. The molecule has 3 atom stereocenters. The fourth-order valence-electron chi connectivity index (χ4n) is 2.37. The van der Waals surface area contributed by atoms with E-state index in [0.29, 0.717) is 17.4 Å². The van der Waals surface area contributed by atoms with E-state index in [9.17, 15) is 8.42 Å². The summed E-state index contributed by atoms with van der Waals surface area (Å²) in [5, 5.41) is 0. The molecule has 0 spiro atoms. The van der Waals surface area contributed by atoms with Crippen LogP contribution in [0.15, 0.2) is 0 Å². The van der Waals surface area contributed by atoms with Gasteiger partial charge >= 0.3 is 0 Å². The third-order valence-corrected chi connectivity index (χ3v) is 6.30. The van der Waals surface area contributed by atoms with E-state index >= 15 is 0 Å². The summed E-state index contributed by atoms with van der Waals surface area (Å²) in [5.41, 5.74) is 6.13. The van der Waals surface area contributed by atoms with Gasteiger partial charge in [0.05, 0.1) is 11.5 Å². The van der Waals surface area contributed by atoms with Crippen molar-refractivity contribution in [2.24, 2.45) is 17.6 Å². The maximum atomic E-state index is 11.3. The highest BCUT2D eigenvalue weighted by Crippen LogP contribution is 2.32. The second kappa shape index (κ2) is 4.02. The summed E-state index contributed by atoms with van der Waals surface area (Å²) in [7, 11) is -2.76. The zero-order chi connectivity index (χ0) is 10.2. The van der Waals surface area contributed by atoms with Gasteiger partial charge in [-0.25, -0.2) is 8.42 Å². The molecule has 2 saturated heterocycles. The van der Waals surface area contributed by atoms with Crippen LogP contribution in [0.4, 0.5) is 0 Å². The van der Waals surface area contributed by atoms with Crippen LogP contribution in [-0.2, 0) is 9.84 Å². The third kappa shape index (κ3) is 2.25. The Labute approximate surface area is 89.7 Å². The Morgan fingerprint density at radius 3 is 2.57 bits per heavy atom. The van der Waals surface area contributed by atoms with Crippen LogP contribution in [-0.4, -0.2) is 37.5 Å². The quantitative estimate of drug-likeness (QED) is 0.757. The number of rotatable bonds is 2. The van der Waals surface area contributed by atoms with Gasteiger partial charge in [0.15, 0.2) is 9.84 Å². The first-order valence-electron chi connectivity index (χ1n) is 5.12. The summed E-state index contributed by atoms with van der Waals surface area (Å²) in [4.78, 5) is 0. The zero-order valence-electron chi connectivity index (χ0n) is 8.19. The van der Waals surface area contributed by atoms with Crippen molar-refractivity contribution in [3.05, 3.63) is 0 Å². The number of hydrogen-bond donors (Lipinski definition) is 1. The molecule has 0 saturated carbocycles. The summed E-state index contributed by atoms with van der Waals surface area (Å²) in [6.45, 7) is 0. The minimum atomic E-state index is -2.76. The number of hydrogen-bond acceptors (Lipinski definition) is 4. The van der Waals surface area contributed by atoms with E-state index in [1.165, 1.54) is 12.2 Å². The molecule has 3 unspecified atom stereocenters. The molecule has 2 N–H and O–H groups in total. The van der Waals surface area contributed by atoms with Gasteiger partial charge < -0.3 is 5.73 Å². The lowest BCUT2D eigenvalue weighted by Gasteiger charge is -2.23. The first-order chi connectivity index (χ1) is 6.58. The van der Waals surface area contributed by atoms with Gasteiger partial charge in [-0.3, -0.25) is 0 Å². The molecule has 2 aliphatic heterocycles. The van der Waals surface area contributed by atoms with E-state index in [2.05, 4.69) is 0 Å². The molecule has 3 nitrogen and oxygen atoms in total. The standard InChI is InChI=1S/C9H17NO2S2/c10-9(7-1-3-13-5-7)8-2-4-14(11,12)6-8/h7-9H,1-6,10H2. The van der Waals surface area contributed by atoms with Gasteiger partial charge in [-0.1, -0.05) is 0 Å². The molecule has 5 heteroatoms.